The van der Waals surface area contributed by atoms with Gasteiger partial charge in [-0.2, -0.15) is 0 Å². The summed E-state index contributed by atoms with van der Waals surface area (Å²) in [5.74, 6) is -0.291. The van der Waals surface area contributed by atoms with Crippen molar-refractivity contribution in [3.8, 4) is 0 Å². The lowest BCUT2D eigenvalue weighted by atomic mass is 10.2. The van der Waals surface area contributed by atoms with E-state index in [2.05, 4.69) is 10.2 Å². The van der Waals surface area contributed by atoms with Gasteiger partial charge in [-0.15, -0.1) is 10.2 Å². The molecule has 17 heavy (non-hydrogen) atoms. The maximum Gasteiger partial charge on any atom is 0.325 e. The maximum atomic E-state index is 11.6. The van der Waals surface area contributed by atoms with E-state index in [1.54, 1.807) is 0 Å². The molecule has 0 radical (unpaired) electrons. The summed E-state index contributed by atoms with van der Waals surface area (Å²) in [6.07, 6.45) is 0. The van der Waals surface area contributed by atoms with Crippen LogP contribution in [0.2, 0.25) is 4.47 Å². The summed E-state index contributed by atoms with van der Waals surface area (Å²) in [6.45, 7) is 2.14. The van der Waals surface area contributed by atoms with Gasteiger partial charge in [-0.05, 0) is 11.6 Å². The fourth-order valence-corrected chi connectivity index (χ4v) is 2.54. The first kappa shape index (κ1) is 12.7. The minimum absolute atomic E-state index is 0.291. The number of morpholine rings is 1. The normalized spacial score (nSPS) is 21.4. The SMILES string of the molecule is COC(=O)C1COCCN1Cc1nnc(Cl)s1. The van der Waals surface area contributed by atoms with E-state index in [1.807, 2.05) is 4.90 Å². The van der Waals surface area contributed by atoms with Crippen molar-refractivity contribution in [3.63, 3.8) is 0 Å². The average molecular weight is 278 g/mol. The fraction of sp³-hybridized carbons (Fsp3) is 0.667. The molecule has 8 heteroatoms. The number of halogens is 1. The van der Waals surface area contributed by atoms with E-state index >= 15 is 0 Å². The lowest BCUT2D eigenvalue weighted by Crippen LogP contribution is -2.49. The van der Waals surface area contributed by atoms with Crippen molar-refractivity contribution in [1.82, 2.24) is 15.1 Å². The van der Waals surface area contributed by atoms with Crippen LogP contribution in [0.3, 0.4) is 0 Å². The first-order chi connectivity index (χ1) is 8.20. The van der Waals surface area contributed by atoms with Gasteiger partial charge in [-0.3, -0.25) is 9.69 Å². The molecule has 0 bridgehead atoms. The second kappa shape index (κ2) is 5.72. The first-order valence-electron chi connectivity index (χ1n) is 5.08. The van der Waals surface area contributed by atoms with Gasteiger partial charge in [0.2, 0.25) is 4.47 Å². The van der Waals surface area contributed by atoms with Crippen LogP contribution < -0.4 is 0 Å². The molecule has 0 N–H and O–H groups in total. The molecule has 1 aliphatic heterocycles. The van der Waals surface area contributed by atoms with Gasteiger partial charge in [0.05, 0.1) is 26.9 Å². The third-order valence-electron chi connectivity index (χ3n) is 2.49. The molecule has 2 heterocycles. The molecule has 0 aromatic carbocycles. The van der Waals surface area contributed by atoms with Gasteiger partial charge in [-0.25, -0.2) is 0 Å². The summed E-state index contributed by atoms with van der Waals surface area (Å²) in [6, 6.07) is -0.378. The van der Waals surface area contributed by atoms with Crippen LogP contribution in [0.1, 0.15) is 5.01 Å². The van der Waals surface area contributed by atoms with Crippen LogP contribution in [-0.2, 0) is 20.8 Å². The fourth-order valence-electron chi connectivity index (χ4n) is 1.65. The Kier molecular flexibility index (Phi) is 4.27. The zero-order chi connectivity index (χ0) is 12.3. The van der Waals surface area contributed by atoms with Crippen LogP contribution in [-0.4, -0.2) is 54.0 Å². The Morgan fingerprint density at radius 3 is 3.18 bits per heavy atom. The summed E-state index contributed by atoms with van der Waals surface area (Å²) < 4.78 is 10.4. The third kappa shape index (κ3) is 3.12. The van der Waals surface area contributed by atoms with Gasteiger partial charge >= 0.3 is 5.97 Å². The number of nitrogens with zero attached hydrogens (tertiary/aromatic N) is 3. The van der Waals surface area contributed by atoms with E-state index in [-0.39, 0.29) is 12.0 Å². The zero-order valence-electron chi connectivity index (χ0n) is 9.26. The van der Waals surface area contributed by atoms with E-state index < -0.39 is 0 Å². The second-order valence-electron chi connectivity index (χ2n) is 3.53. The Bertz CT molecular complexity index is 401. The number of rotatable bonds is 3. The van der Waals surface area contributed by atoms with Crippen molar-refractivity contribution >= 4 is 28.9 Å². The lowest BCUT2D eigenvalue weighted by Gasteiger charge is -2.32. The molecule has 0 aliphatic carbocycles. The molecule has 1 aromatic heterocycles. The molecule has 1 fully saturated rings. The number of methoxy groups -OCH3 is 1. The molecule has 1 aromatic rings. The molecular weight excluding hydrogens is 266 g/mol. The predicted molar refractivity (Wildman–Crippen MR) is 62.0 cm³/mol. The van der Waals surface area contributed by atoms with E-state index in [0.29, 0.717) is 30.8 Å². The van der Waals surface area contributed by atoms with Gasteiger partial charge in [0.15, 0.2) is 0 Å². The van der Waals surface area contributed by atoms with Gasteiger partial charge < -0.3 is 9.47 Å². The van der Waals surface area contributed by atoms with Crippen molar-refractivity contribution in [3.05, 3.63) is 9.47 Å². The summed E-state index contributed by atoms with van der Waals surface area (Å²) in [5, 5.41) is 8.45. The molecule has 94 valence electrons. The van der Waals surface area contributed by atoms with E-state index in [0.717, 1.165) is 5.01 Å². The zero-order valence-corrected chi connectivity index (χ0v) is 10.8. The Morgan fingerprint density at radius 2 is 2.53 bits per heavy atom. The Balaban J connectivity index is 2.03. The number of aromatic nitrogens is 2. The topological polar surface area (TPSA) is 64.6 Å². The van der Waals surface area contributed by atoms with Gasteiger partial charge in [0.25, 0.3) is 0 Å². The van der Waals surface area contributed by atoms with E-state index in [9.17, 15) is 4.79 Å². The van der Waals surface area contributed by atoms with Gasteiger partial charge in [-0.1, -0.05) is 11.3 Å². The Hall–Kier alpha value is -0.760. The number of esters is 1. The van der Waals surface area contributed by atoms with Crippen molar-refractivity contribution in [2.75, 3.05) is 26.9 Å². The highest BCUT2D eigenvalue weighted by molar-refractivity contribution is 7.15. The van der Waals surface area contributed by atoms with Crippen LogP contribution >= 0.6 is 22.9 Å². The summed E-state index contributed by atoms with van der Waals surface area (Å²) in [5.41, 5.74) is 0. The van der Waals surface area contributed by atoms with Gasteiger partial charge in [0.1, 0.15) is 11.0 Å². The monoisotopic (exact) mass is 277 g/mol. The van der Waals surface area contributed by atoms with Crippen molar-refractivity contribution < 1.29 is 14.3 Å². The van der Waals surface area contributed by atoms with Crippen LogP contribution in [0, 0.1) is 0 Å². The van der Waals surface area contributed by atoms with Crippen LogP contribution in [0.5, 0.6) is 0 Å². The van der Waals surface area contributed by atoms with Gasteiger partial charge in [0, 0.05) is 6.54 Å². The number of hydrogen-bond acceptors (Lipinski definition) is 7. The minimum atomic E-state index is -0.378. The van der Waals surface area contributed by atoms with Crippen LogP contribution in [0.15, 0.2) is 0 Å². The van der Waals surface area contributed by atoms with Crippen molar-refractivity contribution in [2.24, 2.45) is 0 Å². The Morgan fingerprint density at radius 1 is 1.71 bits per heavy atom. The molecule has 1 atom stereocenters. The standard InChI is InChI=1S/C9H12ClN3O3S/c1-15-8(14)6-5-16-3-2-13(6)4-7-11-12-9(10)17-7/h6H,2-5H2,1H3. The van der Waals surface area contributed by atoms with Crippen molar-refractivity contribution in [2.45, 2.75) is 12.6 Å². The minimum Gasteiger partial charge on any atom is -0.468 e. The quantitative estimate of drug-likeness (QED) is 0.753. The first-order valence-corrected chi connectivity index (χ1v) is 6.27. The molecular formula is C9H12ClN3O3S. The maximum absolute atomic E-state index is 11.6. The number of ether oxygens (including phenoxy) is 2. The molecule has 1 saturated heterocycles. The van der Waals surface area contributed by atoms with E-state index in [1.165, 1.54) is 18.4 Å². The molecule has 6 nitrogen and oxygen atoms in total. The summed E-state index contributed by atoms with van der Waals surface area (Å²) >= 11 is 7.03. The highest BCUT2D eigenvalue weighted by atomic mass is 35.5. The largest absolute Gasteiger partial charge is 0.468 e. The molecule has 0 amide bonds. The second-order valence-corrected chi connectivity index (χ2v) is 5.18. The highest BCUT2D eigenvalue weighted by Gasteiger charge is 2.30. The lowest BCUT2D eigenvalue weighted by molar-refractivity contribution is -0.153. The molecule has 0 spiro atoms. The van der Waals surface area contributed by atoms with E-state index in [4.69, 9.17) is 21.1 Å². The molecule has 1 unspecified atom stereocenters. The van der Waals surface area contributed by atoms with Crippen LogP contribution in [0.4, 0.5) is 0 Å². The number of hydrogen-bond donors (Lipinski definition) is 0. The number of carbonyl (C=O) groups excluding carboxylic acids is 1. The van der Waals surface area contributed by atoms with Crippen LogP contribution in [0.25, 0.3) is 0 Å². The number of carbonyl (C=O) groups is 1. The average Bonchev–Trinajstić information content (AvgIpc) is 2.74. The molecule has 2 rings (SSSR count). The Labute approximate surface area is 107 Å². The third-order valence-corrected chi connectivity index (χ3v) is 3.50. The molecule has 0 saturated carbocycles. The highest BCUT2D eigenvalue weighted by Crippen LogP contribution is 2.19. The summed E-state index contributed by atoms with van der Waals surface area (Å²) in [4.78, 5) is 13.5. The smallest absolute Gasteiger partial charge is 0.325 e. The predicted octanol–water partition coefficient (Wildman–Crippen LogP) is 0.565. The van der Waals surface area contributed by atoms with Crippen molar-refractivity contribution in [1.29, 1.82) is 0 Å². The summed E-state index contributed by atoms with van der Waals surface area (Å²) in [7, 11) is 1.37. The molecule has 1 aliphatic rings.